The van der Waals surface area contributed by atoms with Gasteiger partial charge in [0, 0.05) is 19.3 Å². The molecular weight excluding hydrogens is 961 g/mol. The number of carbonyl (C=O) groups excluding carboxylic acids is 3. The van der Waals surface area contributed by atoms with Crippen LogP contribution in [-0.2, 0) is 28.6 Å². The molecule has 78 heavy (non-hydrogen) atoms. The molecule has 0 aromatic carbocycles. The first-order chi connectivity index (χ1) is 38.5. The molecule has 0 aliphatic carbocycles. The van der Waals surface area contributed by atoms with E-state index in [9.17, 15) is 14.4 Å². The summed E-state index contributed by atoms with van der Waals surface area (Å²) in [5, 5.41) is 0. The highest BCUT2D eigenvalue weighted by Crippen LogP contribution is 2.17. The molecule has 0 N–H and O–H groups in total. The third-order valence-electron chi connectivity index (χ3n) is 14.0. The van der Waals surface area contributed by atoms with E-state index in [1.165, 1.54) is 135 Å². The van der Waals surface area contributed by atoms with Crippen molar-refractivity contribution in [1.82, 2.24) is 0 Å². The van der Waals surface area contributed by atoms with Crippen LogP contribution in [0.4, 0.5) is 0 Å². The van der Waals surface area contributed by atoms with Crippen molar-refractivity contribution in [2.45, 2.75) is 316 Å². The van der Waals surface area contributed by atoms with E-state index < -0.39 is 6.10 Å². The molecule has 0 spiro atoms. The molecule has 0 bridgehead atoms. The van der Waals surface area contributed by atoms with Gasteiger partial charge in [0.25, 0.3) is 0 Å². The lowest BCUT2D eigenvalue weighted by molar-refractivity contribution is -0.167. The van der Waals surface area contributed by atoms with Crippen LogP contribution in [0.3, 0.4) is 0 Å². The Kier molecular flexibility index (Phi) is 62.3. The summed E-state index contributed by atoms with van der Waals surface area (Å²) in [6.07, 6.45) is 89.5. The van der Waals surface area contributed by atoms with Gasteiger partial charge in [0.05, 0.1) is 0 Å². The van der Waals surface area contributed by atoms with Crippen LogP contribution in [0.25, 0.3) is 0 Å². The molecule has 1 unspecified atom stereocenters. The zero-order valence-corrected chi connectivity index (χ0v) is 51.2. The van der Waals surface area contributed by atoms with Crippen molar-refractivity contribution in [3.63, 3.8) is 0 Å². The fourth-order valence-corrected chi connectivity index (χ4v) is 9.17. The van der Waals surface area contributed by atoms with E-state index in [0.29, 0.717) is 19.3 Å². The monoisotopic (exact) mass is 1080 g/mol. The molecule has 0 aromatic rings. The van der Waals surface area contributed by atoms with E-state index >= 15 is 0 Å². The molecule has 6 heteroatoms. The van der Waals surface area contributed by atoms with Crippen LogP contribution >= 0.6 is 0 Å². The second-order valence-corrected chi connectivity index (χ2v) is 21.6. The topological polar surface area (TPSA) is 78.9 Å². The van der Waals surface area contributed by atoms with Gasteiger partial charge in [-0.05, 0) is 103 Å². The van der Waals surface area contributed by atoms with Gasteiger partial charge in [-0.1, -0.05) is 297 Å². The molecule has 446 valence electrons. The van der Waals surface area contributed by atoms with Gasteiger partial charge in [-0.15, -0.1) is 0 Å². The predicted molar refractivity (Wildman–Crippen MR) is 339 cm³/mol. The van der Waals surface area contributed by atoms with E-state index in [0.717, 1.165) is 135 Å². The van der Waals surface area contributed by atoms with E-state index in [1.54, 1.807) is 0 Å². The molecule has 0 aliphatic heterocycles. The molecule has 0 saturated heterocycles. The highest BCUT2D eigenvalue weighted by Gasteiger charge is 2.19. The normalized spacial score (nSPS) is 12.8. The van der Waals surface area contributed by atoms with Crippen LogP contribution in [0.1, 0.15) is 310 Å². The Labute approximate surface area is 482 Å². The van der Waals surface area contributed by atoms with Gasteiger partial charge in [-0.25, -0.2) is 0 Å². The van der Waals surface area contributed by atoms with Crippen LogP contribution in [0.2, 0.25) is 0 Å². The van der Waals surface area contributed by atoms with E-state index in [2.05, 4.69) is 130 Å². The average Bonchev–Trinajstić information content (AvgIpc) is 3.44. The van der Waals surface area contributed by atoms with Gasteiger partial charge < -0.3 is 14.2 Å². The van der Waals surface area contributed by atoms with Gasteiger partial charge >= 0.3 is 17.9 Å². The predicted octanol–water partition coefficient (Wildman–Crippen LogP) is 22.6. The summed E-state index contributed by atoms with van der Waals surface area (Å²) in [5.41, 5.74) is 0. The largest absolute Gasteiger partial charge is 0.462 e. The SMILES string of the molecule is CC/C=C\C/C=C\C/C=C\C/C=C\C/C=C\CCCCCCCC(=O)OC(COC(=O)CCCCCCCCCCCCCC/C=C\C/C=C\C/C=C\C/C=C\CC)COC(=O)CCCCCCCCCCCCCCCC. The fourth-order valence-electron chi connectivity index (χ4n) is 9.17. The van der Waals surface area contributed by atoms with Crippen molar-refractivity contribution < 1.29 is 28.6 Å². The molecule has 0 aliphatic rings. The first-order valence-corrected chi connectivity index (χ1v) is 32.9. The second-order valence-electron chi connectivity index (χ2n) is 21.6. The molecule has 0 heterocycles. The molecule has 1 atom stereocenters. The minimum absolute atomic E-state index is 0.0844. The van der Waals surface area contributed by atoms with E-state index in [4.69, 9.17) is 14.2 Å². The number of allylic oxidation sites excluding steroid dienone is 18. The van der Waals surface area contributed by atoms with Gasteiger partial charge in [-0.2, -0.15) is 0 Å². The standard InChI is InChI=1S/C72H122O6/c1-4-7-10-13-16-19-22-25-28-30-32-34-35-36-37-39-40-42-44-47-50-53-56-59-62-65-71(74)77-68-69(67-76-70(73)64-61-58-55-52-49-46-27-24-21-18-15-12-9-6-3)78-72(75)66-63-60-57-54-51-48-45-43-41-38-33-31-29-26-23-20-17-14-11-8-5-2/h7-8,10-11,16-17,19-20,25-26,28-29,32-34,38,43,45,69H,4-6,9,12-15,18,21-24,27,30-31,35-37,39-42,44,46-68H2,1-3H3/b10-7-,11-8-,19-16-,20-17-,28-25-,29-26-,34-32-,38-33-,45-43-. The third kappa shape index (κ3) is 62.9. The Balaban J connectivity index is 4.36. The minimum Gasteiger partial charge on any atom is -0.462 e. The van der Waals surface area contributed by atoms with Crippen molar-refractivity contribution in [2.24, 2.45) is 0 Å². The Hall–Kier alpha value is -3.93. The van der Waals surface area contributed by atoms with Gasteiger partial charge in [0.15, 0.2) is 6.10 Å². The van der Waals surface area contributed by atoms with Gasteiger partial charge in [0.2, 0.25) is 0 Å². The van der Waals surface area contributed by atoms with Crippen molar-refractivity contribution in [2.75, 3.05) is 13.2 Å². The molecule has 0 saturated carbocycles. The summed E-state index contributed by atoms with van der Waals surface area (Å²) >= 11 is 0. The molecular formula is C72H122O6. The first kappa shape index (κ1) is 74.1. The molecule has 0 aromatic heterocycles. The fraction of sp³-hybridized carbons (Fsp3) is 0.708. The summed E-state index contributed by atoms with van der Waals surface area (Å²) in [6.45, 7) is 6.43. The number of esters is 3. The Morgan fingerprint density at radius 2 is 0.500 bits per heavy atom. The highest BCUT2D eigenvalue weighted by molar-refractivity contribution is 5.71. The number of ether oxygens (including phenoxy) is 3. The zero-order valence-electron chi connectivity index (χ0n) is 51.2. The summed E-state index contributed by atoms with van der Waals surface area (Å²) in [6, 6.07) is 0. The van der Waals surface area contributed by atoms with E-state index in [-0.39, 0.29) is 31.1 Å². The number of rotatable bonds is 59. The van der Waals surface area contributed by atoms with Crippen LogP contribution in [0, 0.1) is 0 Å². The Morgan fingerprint density at radius 1 is 0.269 bits per heavy atom. The van der Waals surface area contributed by atoms with Crippen LogP contribution < -0.4 is 0 Å². The van der Waals surface area contributed by atoms with Crippen molar-refractivity contribution in [1.29, 1.82) is 0 Å². The molecule has 0 amide bonds. The lowest BCUT2D eigenvalue weighted by Crippen LogP contribution is -2.30. The maximum Gasteiger partial charge on any atom is 0.306 e. The smallest absolute Gasteiger partial charge is 0.306 e. The average molecular weight is 1080 g/mol. The quantitative estimate of drug-likeness (QED) is 0.0261. The van der Waals surface area contributed by atoms with Crippen molar-refractivity contribution >= 4 is 17.9 Å². The second kappa shape index (κ2) is 65.6. The lowest BCUT2D eigenvalue weighted by Gasteiger charge is -2.18. The number of hydrogen-bond acceptors (Lipinski definition) is 6. The van der Waals surface area contributed by atoms with Crippen LogP contribution in [-0.4, -0.2) is 37.2 Å². The minimum atomic E-state index is -0.790. The van der Waals surface area contributed by atoms with Gasteiger partial charge in [0.1, 0.15) is 13.2 Å². The number of hydrogen-bond donors (Lipinski definition) is 0. The Bertz CT molecular complexity index is 1570. The maximum atomic E-state index is 12.9. The zero-order chi connectivity index (χ0) is 56.4. The lowest BCUT2D eigenvalue weighted by atomic mass is 10.0. The highest BCUT2D eigenvalue weighted by atomic mass is 16.6. The van der Waals surface area contributed by atoms with Gasteiger partial charge in [-0.3, -0.25) is 14.4 Å². The number of unbranched alkanes of at least 4 members (excludes halogenated alkanes) is 30. The maximum absolute atomic E-state index is 12.9. The molecule has 0 fully saturated rings. The van der Waals surface area contributed by atoms with Crippen LogP contribution in [0.15, 0.2) is 109 Å². The molecule has 0 rings (SSSR count). The van der Waals surface area contributed by atoms with E-state index in [1.807, 2.05) is 0 Å². The molecule has 0 radical (unpaired) electrons. The van der Waals surface area contributed by atoms with Crippen molar-refractivity contribution in [3.05, 3.63) is 109 Å². The summed E-state index contributed by atoms with van der Waals surface area (Å²) in [4.78, 5) is 38.4. The number of carbonyl (C=O) groups is 3. The first-order valence-electron chi connectivity index (χ1n) is 32.9. The summed E-state index contributed by atoms with van der Waals surface area (Å²) < 4.78 is 16.9. The summed E-state index contributed by atoms with van der Waals surface area (Å²) in [5.74, 6) is -0.894. The molecule has 6 nitrogen and oxygen atoms in total. The van der Waals surface area contributed by atoms with Crippen molar-refractivity contribution in [3.8, 4) is 0 Å². The third-order valence-corrected chi connectivity index (χ3v) is 14.0. The summed E-state index contributed by atoms with van der Waals surface area (Å²) in [7, 11) is 0. The Morgan fingerprint density at radius 3 is 0.782 bits per heavy atom. The van der Waals surface area contributed by atoms with Crippen LogP contribution in [0.5, 0.6) is 0 Å².